The highest BCUT2D eigenvalue weighted by atomic mass is 16.1. The molecule has 0 fully saturated rings. The van der Waals surface area contributed by atoms with Gasteiger partial charge in [0.2, 0.25) is 0 Å². The summed E-state index contributed by atoms with van der Waals surface area (Å²) in [5.41, 5.74) is 4.64. The van der Waals surface area contributed by atoms with Crippen molar-refractivity contribution < 1.29 is 0 Å². The molecule has 4 heteroatoms. The summed E-state index contributed by atoms with van der Waals surface area (Å²) in [5.74, 6) is 0. The van der Waals surface area contributed by atoms with Gasteiger partial charge in [-0.3, -0.25) is 0 Å². The summed E-state index contributed by atoms with van der Waals surface area (Å²) in [6, 6.07) is 10.2. The highest BCUT2D eigenvalue weighted by Gasteiger charge is 2.11. The van der Waals surface area contributed by atoms with Crippen LogP contribution in [0.2, 0.25) is 0 Å². The quantitative estimate of drug-likeness (QED) is 0.761. The summed E-state index contributed by atoms with van der Waals surface area (Å²) in [6.45, 7) is 3.84. The van der Waals surface area contributed by atoms with E-state index in [4.69, 9.17) is 0 Å². The van der Waals surface area contributed by atoms with Crippen molar-refractivity contribution in [3.8, 4) is 0 Å². The fraction of sp³-hybridized carbons (Fsp3) is 0.200. The number of aryl methyl sites for hydroxylation is 2. The van der Waals surface area contributed by atoms with Gasteiger partial charge in [0.15, 0.2) is 0 Å². The maximum atomic E-state index is 11.9. The summed E-state index contributed by atoms with van der Waals surface area (Å²) in [6.07, 6.45) is 2.52. The fourth-order valence-electron chi connectivity index (χ4n) is 2.30. The number of nitrogens with zero attached hydrogens (tertiary/aromatic N) is 2. The molecule has 4 nitrogen and oxygen atoms in total. The van der Waals surface area contributed by atoms with Gasteiger partial charge in [-0.2, -0.15) is 0 Å². The van der Waals surface area contributed by atoms with E-state index in [1.807, 2.05) is 32.0 Å². The predicted molar refractivity (Wildman–Crippen MR) is 74.5 cm³/mol. The third-order valence-electron chi connectivity index (χ3n) is 3.44. The minimum Gasteiger partial charge on any atom is -0.313 e. The van der Waals surface area contributed by atoms with Crippen LogP contribution in [0.3, 0.4) is 0 Å². The number of imidazole rings is 1. The van der Waals surface area contributed by atoms with Gasteiger partial charge in [0, 0.05) is 23.9 Å². The van der Waals surface area contributed by atoms with Crippen LogP contribution < -0.4 is 5.69 Å². The third-order valence-corrected chi connectivity index (χ3v) is 3.44. The number of fused-ring (bicyclic) bond motifs is 1. The zero-order chi connectivity index (χ0) is 13.4. The highest BCUT2D eigenvalue weighted by molar-refractivity contribution is 5.51. The van der Waals surface area contributed by atoms with Crippen molar-refractivity contribution in [2.45, 2.75) is 20.3 Å². The maximum Gasteiger partial charge on any atom is 0.331 e. The molecule has 0 aliphatic carbocycles. The van der Waals surface area contributed by atoms with Crippen LogP contribution >= 0.6 is 0 Å². The molecule has 3 rings (SSSR count). The molecule has 2 heterocycles. The molecule has 0 aliphatic heterocycles. The summed E-state index contributed by atoms with van der Waals surface area (Å²) < 4.78 is 1.65. The van der Waals surface area contributed by atoms with Gasteiger partial charge in [0.1, 0.15) is 5.65 Å². The molecule has 0 aliphatic rings. The molecule has 0 unspecified atom stereocenters. The van der Waals surface area contributed by atoms with Gasteiger partial charge >= 0.3 is 5.69 Å². The first-order valence-electron chi connectivity index (χ1n) is 6.27. The second-order valence-electron chi connectivity index (χ2n) is 4.72. The Labute approximate surface area is 110 Å². The van der Waals surface area contributed by atoms with Crippen molar-refractivity contribution in [2.24, 2.45) is 0 Å². The summed E-state index contributed by atoms with van der Waals surface area (Å²) in [7, 11) is 0. The van der Waals surface area contributed by atoms with E-state index in [9.17, 15) is 4.79 Å². The Morgan fingerprint density at radius 3 is 2.68 bits per heavy atom. The second kappa shape index (κ2) is 4.39. The zero-order valence-corrected chi connectivity index (χ0v) is 11.0. The zero-order valence-electron chi connectivity index (χ0n) is 11.0. The number of rotatable bonds is 2. The van der Waals surface area contributed by atoms with Crippen molar-refractivity contribution in [1.29, 1.82) is 0 Å². The van der Waals surface area contributed by atoms with Crippen LogP contribution in [0.25, 0.3) is 5.65 Å². The summed E-state index contributed by atoms with van der Waals surface area (Å²) >= 11 is 0. The predicted octanol–water partition coefficient (Wildman–Crippen LogP) is 2.23. The van der Waals surface area contributed by atoms with E-state index < -0.39 is 0 Å². The van der Waals surface area contributed by atoms with E-state index in [1.165, 1.54) is 5.56 Å². The highest BCUT2D eigenvalue weighted by Crippen LogP contribution is 2.15. The van der Waals surface area contributed by atoms with Gasteiger partial charge in [-0.1, -0.05) is 30.3 Å². The minimum atomic E-state index is -0.134. The Kier molecular flexibility index (Phi) is 2.71. The number of aromatic nitrogens is 3. The molecule has 0 spiro atoms. The minimum absolute atomic E-state index is 0.134. The second-order valence-corrected chi connectivity index (χ2v) is 4.72. The van der Waals surface area contributed by atoms with Gasteiger partial charge in [0.05, 0.1) is 5.69 Å². The van der Waals surface area contributed by atoms with Gasteiger partial charge in [-0.15, -0.1) is 0 Å². The Morgan fingerprint density at radius 1 is 1.21 bits per heavy atom. The molecule has 0 radical (unpaired) electrons. The molecule has 0 amide bonds. The SMILES string of the molecule is Cc1nc2c(Cc3ccccc3)c[nH]c(=O)n2c1C. The van der Waals surface area contributed by atoms with Crippen LogP contribution in [0.15, 0.2) is 41.3 Å². The molecule has 0 bridgehead atoms. The van der Waals surface area contributed by atoms with Crippen LogP contribution in [0, 0.1) is 13.8 Å². The molecule has 0 saturated heterocycles. The normalized spacial score (nSPS) is 11.1. The van der Waals surface area contributed by atoms with Crippen molar-refractivity contribution >= 4 is 5.65 Å². The van der Waals surface area contributed by atoms with Gasteiger partial charge in [-0.05, 0) is 19.4 Å². The molecule has 0 saturated carbocycles. The Morgan fingerprint density at radius 2 is 1.95 bits per heavy atom. The lowest BCUT2D eigenvalue weighted by Crippen LogP contribution is -2.18. The van der Waals surface area contributed by atoms with E-state index in [-0.39, 0.29) is 5.69 Å². The van der Waals surface area contributed by atoms with E-state index in [0.29, 0.717) is 0 Å². The Balaban J connectivity index is 2.18. The average molecular weight is 253 g/mol. The lowest BCUT2D eigenvalue weighted by Gasteiger charge is -2.04. The summed E-state index contributed by atoms with van der Waals surface area (Å²) in [4.78, 5) is 19.2. The first-order valence-corrected chi connectivity index (χ1v) is 6.27. The number of nitrogens with one attached hydrogen (secondary N) is 1. The summed E-state index contributed by atoms with van der Waals surface area (Å²) in [5, 5.41) is 0. The average Bonchev–Trinajstić information content (AvgIpc) is 2.72. The van der Waals surface area contributed by atoms with Crippen molar-refractivity contribution in [3.05, 3.63) is 69.5 Å². The molecule has 96 valence electrons. The number of H-pyrrole nitrogens is 1. The molecule has 19 heavy (non-hydrogen) atoms. The van der Waals surface area contributed by atoms with Crippen molar-refractivity contribution in [2.75, 3.05) is 0 Å². The number of aromatic amines is 1. The van der Waals surface area contributed by atoms with Crippen molar-refractivity contribution in [3.63, 3.8) is 0 Å². The molecule has 0 atom stereocenters. The lowest BCUT2D eigenvalue weighted by molar-refractivity contribution is 0.940. The molecule has 1 N–H and O–H groups in total. The van der Waals surface area contributed by atoms with Gasteiger partial charge in [0.25, 0.3) is 0 Å². The van der Waals surface area contributed by atoms with Crippen LogP contribution in [0.4, 0.5) is 0 Å². The van der Waals surface area contributed by atoms with Gasteiger partial charge < -0.3 is 4.98 Å². The molecule has 2 aromatic heterocycles. The van der Waals surface area contributed by atoms with E-state index >= 15 is 0 Å². The number of hydrogen-bond donors (Lipinski definition) is 1. The molecular formula is C15H15N3O. The smallest absolute Gasteiger partial charge is 0.313 e. The van der Waals surface area contributed by atoms with E-state index in [1.54, 1.807) is 10.6 Å². The van der Waals surface area contributed by atoms with Crippen LogP contribution in [-0.2, 0) is 6.42 Å². The maximum absolute atomic E-state index is 11.9. The monoisotopic (exact) mass is 253 g/mol. The Bertz CT molecular complexity index is 784. The van der Waals surface area contributed by atoms with E-state index in [2.05, 4.69) is 22.1 Å². The third kappa shape index (κ3) is 1.95. The number of hydrogen-bond acceptors (Lipinski definition) is 2. The molecular weight excluding hydrogens is 238 g/mol. The number of benzene rings is 1. The topological polar surface area (TPSA) is 50.2 Å². The van der Waals surface area contributed by atoms with Crippen LogP contribution in [0.1, 0.15) is 22.5 Å². The van der Waals surface area contributed by atoms with Crippen molar-refractivity contribution in [1.82, 2.24) is 14.4 Å². The molecule has 1 aromatic carbocycles. The van der Waals surface area contributed by atoms with Crippen LogP contribution in [-0.4, -0.2) is 14.4 Å². The first-order chi connectivity index (χ1) is 9.16. The van der Waals surface area contributed by atoms with Crippen LogP contribution in [0.5, 0.6) is 0 Å². The molecule has 3 aromatic rings. The van der Waals surface area contributed by atoms with Gasteiger partial charge in [-0.25, -0.2) is 14.2 Å². The fourth-order valence-corrected chi connectivity index (χ4v) is 2.30. The lowest BCUT2D eigenvalue weighted by atomic mass is 10.1. The van der Waals surface area contributed by atoms with E-state index in [0.717, 1.165) is 29.0 Å². The Hall–Kier alpha value is -2.36. The standard InChI is InChI=1S/C15H15N3O/c1-10-11(2)18-14(17-10)13(9-16-15(18)19)8-12-6-4-3-5-7-12/h3-7,9H,8H2,1-2H3,(H,16,19). The largest absolute Gasteiger partial charge is 0.331 e. The first kappa shape index (κ1) is 11.7.